The highest BCUT2D eigenvalue weighted by Gasteiger charge is 2.29. The topological polar surface area (TPSA) is 6.48 Å². The van der Waals surface area contributed by atoms with Gasteiger partial charge in [0, 0.05) is 44.5 Å². The lowest BCUT2D eigenvalue weighted by Gasteiger charge is -2.30. The maximum Gasteiger partial charge on any atom is 0.0712 e. The Balaban J connectivity index is 0.869. The Bertz CT molecular complexity index is 2920. The molecule has 0 fully saturated rings. The van der Waals surface area contributed by atoms with Gasteiger partial charge in [0.25, 0.3) is 0 Å². The zero-order valence-corrected chi connectivity index (χ0v) is 37.6. The average molecular weight is 857 g/mol. The Morgan fingerprint density at radius 3 is 1.57 bits per heavy atom. The summed E-state index contributed by atoms with van der Waals surface area (Å²) in [5.74, 6) is 0.493. The van der Waals surface area contributed by atoms with E-state index in [1.165, 1.54) is 49.6 Å². The van der Waals surface area contributed by atoms with Crippen LogP contribution in [0.2, 0.25) is 0 Å². The molecule has 2 unspecified atom stereocenters. The molecule has 4 aliphatic rings. The molecule has 0 bridgehead atoms. The maximum absolute atomic E-state index is 4.45. The smallest absolute Gasteiger partial charge is 0.0712 e. The summed E-state index contributed by atoms with van der Waals surface area (Å²) in [6.07, 6.45) is 35.3. The number of allylic oxidation sites excluding steroid dienone is 14. The summed E-state index contributed by atoms with van der Waals surface area (Å²) in [6.45, 7) is 6.71. The summed E-state index contributed by atoms with van der Waals surface area (Å²) in [6, 6.07) is 55.2. The van der Waals surface area contributed by atoms with Crippen molar-refractivity contribution in [3.05, 3.63) is 271 Å². The summed E-state index contributed by atoms with van der Waals surface area (Å²) in [5, 5.41) is 0.502. The van der Waals surface area contributed by atoms with Crippen molar-refractivity contribution in [2.75, 3.05) is 9.80 Å². The van der Waals surface area contributed by atoms with Gasteiger partial charge in [-0.1, -0.05) is 194 Å². The number of benzene rings is 6. The molecule has 0 aromatic heterocycles. The van der Waals surface area contributed by atoms with E-state index in [1.807, 2.05) is 11.8 Å². The van der Waals surface area contributed by atoms with E-state index in [-0.39, 0.29) is 6.04 Å². The van der Waals surface area contributed by atoms with Gasteiger partial charge in [-0.25, -0.2) is 0 Å². The van der Waals surface area contributed by atoms with Crippen LogP contribution >= 0.6 is 11.8 Å². The summed E-state index contributed by atoms with van der Waals surface area (Å²) >= 11 is 1.95. The molecule has 0 spiro atoms. The van der Waals surface area contributed by atoms with Crippen molar-refractivity contribution in [1.29, 1.82) is 0 Å². The molecule has 6 aromatic carbocycles. The predicted octanol–water partition coefficient (Wildman–Crippen LogP) is 16.9. The molecule has 10 rings (SSSR count). The van der Waals surface area contributed by atoms with E-state index < -0.39 is 0 Å². The van der Waals surface area contributed by atoms with E-state index in [9.17, 15) is 0 Å². The lowest BCUT2D eigenvalue weighted by Crippen LogP contribution is -2.27. The zero-order chi connectivity index (χ0) is 44.0. The van der Waals surface area contributed by atoms with Crippen LogP contribution in [0.15, 0.2) is 266 Å². The van der Waals surface area contributed by atoms with Crippen LogP contribution < -0.4 is 9.80 Å². The minimum atomic E-state index is 0.0573. The van der Waals surface area contributed by atoms with Gasteiger partial charge in [0.15, 0.2) is 0 Å². The highest BCUT2D eigenvalue weighted by atomic mass is 32.2. The van der Waals surface area contributed by atoms with Crippen LogP contribution in [0.25, 0.3) is 39.0 Å². The van der Waals surface area contributed by atoms with Gasteiger partial charge in [-0.3, -0.25) is 0 Å². The molecule has 0 radical (unpaired) electrons. The van der Waals surface area contributed by atoms with E-state index in [1.54, 1.807) is 0 Å². The highest BCUT2D eigenvalue weighted by Crippen LogP contribution is 2.45. The normalized spacial score (nSPS) is 17.6. The van der Waals surface area contributed by atoms with Gasteiger partial charge in [-0.15, -0.1) is 11.8 Å². The number of rotatable bonds is 12. The Hall–Kier alpha value is -7.33. The standard InChI is InChI=1S/C62H52N2S/c1-45(23-44-61-46(2)60-21-13-14-22-62(60)65-61)47-28-36-56(37-29-47)63(55-19-11-6-12-20-55)57-40-32-52(33-41-57)53-34-42-59(43-35-53)64(54-17-9-3-4-10-18-54)58-38-30-51(31-39-58)50-26-24-49(25-27-50)48-15-7-5-8-16-48/h3-5,7-11,13-44,54,60,62H,1,6,12H2,2H3. The molecule has 0 saturated carbocycles. The average Bonchev–Trinajstić information content (AvgIpc) is 3.49. The number of hydrogen-bond donors (Lipinski definition) is 0. The SMILES string of the molecule is C=C(C=CC1=C(C)C2C=CC=CC2S1)c1ccc(N(C2=CCCC=C2)c2ccc(-c3ccc(N(c4ccc(-c5ccc(-c6ccccc6)cc5)cc4)C4C=CC=CC=C4)cc3)cc2)cc1. The maximum atomic E-state index is 4.45. The van der Waals surface area contributed by atoms with Gasteiger partial charge in [-0.2, -0.15) is 0 Å². The van der Waals surface area contributed by atoms with Crippen molar-refractivity contribution < 1.29 is 0 Å². The number of hydrogen-bond acceptors (Lipinski definition) is 3. The molecule has 1 aliphatic heterocycles. The molecule has 0 N–H and O–H groups in total. The first kappa shape index (κ1) is 41.7. The van der Waals surface area contributed by atoms with E-state index in [2.05, 4.69) is 266 Å². The summed E-state index contributed by atoms with van der Waals surface area (Å²) in [5.41, 5.74) is 16.5. The molecule has 2 nitrogen and oxygen atoms in total. The predicted molar refractivity (Wildman–Crippen MR) is 282 cm³/mol. The third-order valence-corrected chi connectivity index (χ3v) is 14.2. The van der Waals surface area contributed by atoms with Crippen LogP contribution in [0.3, 0.4) is 0 Å². The van der Waals surface area contributed by atoms with E-state index in [4.69, 9.17) is 0 Å². The Kier molecular flexibility index (Phi) is 12.3. The second-order valence-electron chi connectivity index (χ2n) is 16.9. The number of nitrogens with zero attached hydrogens (tertiary/aromatic N) is 2. The molecule has 0 amide bonds. The monoisotopic (exact) mass is 856 g/mol. The van der Waals surface area contributed by atoms with E-state index in [0.29, 0.717) is 11.2 Å². The summed E-state index contributed by atoms with van der Waals surface area (Å²) in [4.78, 5) is 6.12. The number of anilines is 4. The van der Waals surface area contributed by atoms with Crippen LogP contribution in [-0.2, 0) is 0 Å². The zero-order valence-electron chi connectivity index (χ0n) is 36.8. The second-order valence-corrected chi connectivity index (χ2v) is 18.1. The summed E-state index contributed by atoms with van der Waals surface area (Å²) < 4.78 is 0. The van der Waals surface area contributed by atoms with E-state index >= 15 is 0 Å². The molecule has 2 atom stereocenters. The Morgan fingerprint density at radius 2 is 1.03 bits per heavy atom. The van der Waals surface area contributed by atoms with Crippen LogP contribution in [0, 0.1) is 5.92 Å². The van der Waals surface area contributed by atoms with Crippen LogP contribution in [0.4, 0.5) is 22.7 Å². The fraction of sp³-hybridized carbons (Fsp3) is 0.0968. The number of thioether (sulfide) groups is 1. The molecule has 3 heteroatoms. The molecular formula is C62H52N2S. The third-order valence-electron chi connectivity index (χ3n) is 12.7. The molecule has 1 heterocycles. The molecule has 3 aliphatic carbocycles. The van der Waals surface area contributed by atoms with E-state index in [0.717, 1.165) is 46.7 Å². The third kappa shape index (κ3) is 9.20. The van der Waals surface area contributed by atoms with Crippen molar-refractivity contribution in [1.82, 2.24) is 0 Å². The van der Waals surface area contributed by atoms with Gasteiger partial charge in [0.2, 0.25) is 0 Å². The van der Waals surface area contributed by atoms with Gasteiger partial charge >= 0.3 is 0 Å². The minimum Gasteiger partial charge on any atom is -0.331 e. The second kappa shape index (κ2) is 19.2. The Labute approximate surface area is 389 Å². The first-order chi connectivity index (χ1) is 32.1. The first-order valence-electron chi connectivity index (χ1n) is 22.7. The molecule has 0 saturated heterocycles. The first-order valence-corrected chi connectivity index (χ1v) is 23.6. The lowest BCUT2D eigenvalue weighted by atomic mass is 9.93. The summed E-state index contributed by atoms with van der Waals surface area (Å²) in [7, 11) is 0. The molecule has 316 valence electrons. The largest absolute Gasteiger partial charge is 0.331 e. The van der Waals surface area contributed by atoms with Gasteiger partial charge in [-0.05, 0) is 125 Å². The van der Waals surface area contributed by atoms with Crippen molar-refractivity contribution in [3.8, 4) is 33.4 Å². The van der Waals surface area contributed by atoms with Crippen molar-refractivity contribution in [3.63, 3.8) is 0 Å². The van der Waals surface area contributed by atoms with Gasteiger partial charge < -0.3 is 9.80 Å². The molecule has 65 heavy (non-hydrogen) atoms. The highest BCUT2D eigenvalue weighted by molar-refractivity contribution is 8.04. The van der Waals surface area contributed by atoms with Crippen molar-refractivity contribution >= 4 is 40.1 Å². The quantitative estimate of drug-likeness (QED) is 0.113. The fourth-order valence-corrected chi connectivity index (χ4v) is 10.5. The van der Waals surface area contributed by atoms with Gasteiger partial charge in [0.1, 0.15) is 0 Å². The van der Waals surface area contributed by atoms with Crippen molar-refractivity contribution in [2.45, 2.75) is 31.1 Å². The van der Waals surface area contributed by atoms with Crippen LogP contribution in [-0.4, -0.2) is 11.3 Å². The lowest BCUT2D eigenvalue weighted by molar-refractivity contribution is 0.799. The number of fused-ring (bicyclic) bond motifs is 1. The Morgan fingerprint density at radius 1 is 0.538 bits per heavy atom. The van der Waals surface area contributed by atoms with Crippen LogP contribution in [0.5, 0.6) is 0 Å². The fourth-order valence-electron chi connectivity index (χ4n) is 9.11. The molecular weight excluding hydrogens is 805 g/mol. The minimum absolute atomic E-state index is 0.0573. The molecule has 6 aromatic rings. The van der Waals surface area contributed by atoms with Crippen LogP contribution in [0.1, 0.15) is 25.3 Å². The van der Waals surface area contributed by atoms with Gasteiger partial charge in [0.05, 0.1) is 6.04 Å². The van der Waals surface area contributed by atoms with Crippen molar-refractivity contribution in [2.24, 2.45) is 5.92 Å².